The van der Waals surface area contributed by atoms with E-state index in [1.165, 1.54) is 16.3 Å². The van der Waals surface area contributed by atoms with E-state index in [0.717, 1.165) is 12.1 Å². The van der Waals surface area contributed by atoms with Crippen LogP contribution in [0, 0.1) is 0 Å². The minimum atomic E-state index is -0.237. The molecule has 102 valence electrons. The molecule has 0 atom stereocenters. The Bertz CT molecular complexity index is 586. The van der Waals surface area contributed by atoms with E-state index >= 15 is 0 Å². The second-order valence-electron chi connectivity index (χ2n) is 7.11. The smallest absolute Gasteiger partial charge is 0.0500 e. The Kier molecular flexibility index (Phi) is 3.40. The van der Waals surface area contributed by atoms with Gasteiger partial charge in [0.2, 0.25) is 0 Å². The highest BCUT2D eigenvalue weighted by Crippen LogP contribution is 2.28. The fourth-order valence-corrected chi connectivity index (χ4v) is 2.27. The van der Waals surface area contributed by atoms with E-state index in [-0.39, 0.29) is 11.0 Å². The highest BCUT2D eigenvalue weighted by Gasteiger charge is 2.17. The molecule has 0 aliphatic heterocycles. The summed E-state index contributed by atoms with van der Waals surface area (Å²) in [4.78, 5) is 4.54. The standard InChI is InChI=1S/C17H24N2/c1-16(2,3)13-7-6-12-8-9-19-15(14(12)10-13)11-17(4,5)18/h6-10H,11,18H2,1-5H3. The van der Waals surface area contributed by atoms with Gasteiger partial charge in [-0.1, -0.05) is 32.9 Å². The van der Waals surface area contributed by atoms with Crippen LogP contribution in [0.4, 0.5) is 0 Å². The molecule has 2 aromatic rings. The maximum atomic E-state index is 6.14. The van der Waals surface area contributed by atoms with Crippen molar-refractivity contribution in [3.05, 3.63) is 41.7 Å². The molecule has 0 fully saturated rings. The number of hydrogen-bond donors (Lipinski definition) is 1. The van der Waals surface area contributed by atoms with Gasteiger partial charge in [0.25, 0.3) is 0 Å². The van der Waals surface area contributed by atoms with E-state index in [9.17, 15) is 0 Å². The van der Waals surface area contributed by atoms with Crippen LogP contribution in [0.2, 0.25) is 0 Å². The molecule has 2 heteroatoms. The molecule has 0 radical (unpaired) electrons. The summed E-state index contributed by atoms with van der Waals surface area (Å²) in [6, 6.07) is 8.72. The summed E-state index contributed by atoms with van der Waals surface area (Å²) < 4.78 is 0. The second-order valence-corrected chi connectivity index (χ2v) is 7.11. The summed E-state index contributed by atoms with van der Waals surface area (Å²) in [5, 5.41) is 2.47. The van der Waals surface area contributed by atoms with Gasteiger partial charge in [-0.05, 0) is 42.3 Å². The van der Waals surface area contributed by atoms with Crippen molar-refractivity contribution in [3.63, 3.8) is 0 Å². The van der Waals surface area contributed by atoms with Crippen molar-refractivity contribution in [2.45, 2.75) is 52.0 Å². The molecular formula is C17H24N2. The van der Waals surface area contributed by atoms with Crippen LogP contribution >= 0.6 is 0 Å². The summed E-state index contributed by atoms with van der Waals surface area (Å²) in [6.07, 6.45) is 2.66. The number of fused-ring (bicyclic) bond motifs is 1. The SMILES string of the molecule is CC(C)(N)Cc1nccc2ccc(C(C)(C)C)cc12. The molecule has 2 N–H and O–H groups in total. The Morgan fingerprint density at radius 2 is 1.74 bits per heavy atom. The summed E-state index contributed by atoms with van der Waals surface area (Å²) >= 11 is 0. The molecular weight excluding hydrogens is 232 g/mol. The van der Waals surface area contributed by atoms with E-state index in [1.807, 2.05) is 20.0 Å². The van der Waals surface area contributed by atoms with Gasteiger partial charge in [-0.3, -0.25) is 4.98 Å². The predicted molar refractivity (Wildman–Crippen MR) is 82.4 cm³/mol. The third kappa shape index (κ3) is 3.32. The van der Waals surface area contributed by atoms with Gasteiger partial charge in [0, 0.05) is 29.2 Å². The molecule has 1 heterocycles. The number of nitrogens with zero attached hydrogens (tertiary/aromatic N) is 1. The zero-order valence-corrected chi connectivity index (χ0v) is 12.6. The average molecular weight is 256 g/mol. The largest absolute Gasteiger partial charge is 0.325 e. The van der Waals surface area contributed by atoms with Crippen molar-refractivity contribution >= 4 is 10.8 Å². The first-order chi connectivity index (χ1) is 8.67. The number of aromatic nitrogens is 1. The van der Waals surface area contributed by atoms with E-state index in [1.54, 1.807) is 0 Å². The van der Waals surface area contributed by atoms with Gasteiger partial charge in [-0.15, -0.1) is 0 Å². The fourth-order valence-electron chi connectivity index (χ4n) is 2.27. The van der Waals surface area contributed by atoms with Gasteiger partial charge < -0.3 is 5.73 Å². The number of rotatable bonds is 2. The maximum Gasteiger partial charge on any atom is 0.0500 e. The highest BCUT2D eigenvalue weighted by atomic mass is 14.7. The first kappa shape index (κ1) is 14.0. The van der Waals surface area contributed by atoms with Gasteiger partial charge in [0.1, 0.15) is 0 Å². The monoisotopic (exact) mass is 256 g/mol. The molecule has 0 saturated heterocycles. The molecule has 0 amide bonds. The predicted octanol–water partition coefficient (Wildman–Crippen LogP) is 3.81. The molecule has 0 unspecified atom stereocenters. The van der Waals surface area contributed by atoms with Crippen LogP contribution in [0.3, 0.4) is 0 Å². The van der Waals surface area contributed by atoms with E-state index in [2.05, 4.69) is 50.0 Å². The Hall–Kier alpha value is -1.41. The molecule has 0 aliphatic carbocycles. The van der Waals surface area contributed by atoms with Gasteiger partial charge in [0.05, 0.1) is 0 Å². The van der Waals surface area contributed by atoms with Crippen molar-refractivity contribution in [2.24, 2.45) is 5.73 Å². The summed E-state index contributed by atoms with van der Waals surface area (Å²) in [5.41, 5.74) is 8.49. The van der Waals surface area contributed by atoms with Crippen LogP contribution in [-0.4, -0.2) is 10.5 Å². The normalized spacial score (nSPS) is 12.9. The Balaban J connectivity index is 2.59. The lowest BCUT2D eigenvalue weighted by Crippen LogP contribution is -2.34. The number of hydrogen-bond acceptors (Lipinski definition) is 2. The third-order valence-electron chi connectivity index (χ3n) is 3.34. The lowest BCUT2D eigenvalue weighted by atomic mass is 9.85. The second kappa shape index (κ2) is 4.61. The van der Waals surface area contributed by atoms with Crippen LogP contribution in [0.1, 0.15) is 45.9 Å². The molecule has 2 nitrogen and oxygen atoms in total. The minimum Gasteiger partial charge on any atom is -0.325 e. The number of pyridine rings is 1. The van der Waals surface area contributed by atoms with Crippen LogP contribution < -0.4 is 5.73 Å². The van der Waals surface area contributed by atoms with Crippen molar-refractivity contribution in [2.75, 3.05) is 0 Å². The van der Waals surface area contributed by atoms with Gasteiger partial charge in [0.15, 0.2) is 0 Å². The molecule has 0 bridgehead atoms. The average Bonchev–Trinajstić information content (AvgIpc) is 2.25. The molecule has 1 aromatic carbocycles. The Labute approximate surface area is 116 Å². The molecule has 1 aromatic heterocycles. The quantitative estimate of drug-likeness (QED) is 0.887. The molecule has 2 rings (SSSR count). The Morgan fingerprint density at radius 1 is 1.05 bits per heavy atom. The van der Waals surface area contributed by atoms with Crippen LogP contribution in [0.15, 0.2) is 30.5 Å². The van der Waals surface area contributed by atoms with Crippen molar-refractivity contribution in [1.29, 1.82) is 0 Å². The molecule has 0 spiro atoms. The van der Waals surface area contributed by atoms with Crippen LogP contribution in [0.5, 0.6) is 0 Å². The summed E-state index contributed by atoms with van der Waals surface area (Å²) in [5.74, 6) is 0. The zero-order valence-electron chi connectivity index (χ0n) is 12.6. The number of benzene rings is 1. The topological polar surface area (TPSA) is 38.9 Å². The Morgan fingerprint density at radius 3 is 2.32 bits per heavy atom. The van der Waals surface area contributed by atoms with E-state index in [4.69, 9.17) is 5.73 Å². The molecule has 0 saturated carbocycles. The van der Waals surface area contributed by atoms with E-state index < -0.39 is 0 Å². The molecule has 19 heavy (non-hydrogen) atoms. The lowest BCUT2D eigenvalue weighted by Gasteiger charge is -2.22. The summed E-state index contributed by atoms with van der Waals surface area (Å²) in [7, 11) is 0. The number of nitrogens with two attached hydrogens (primary N) is 1. The molecule has 0 aliphatic rings. The highest BCUT2D eigenvalue weighted by molar-refractivity contribution is 5.85. The van der Waals surface area contributed by atoms with Crippen molar-refractivity contribution < 1.29 is 0 Å². The minimum absolute atomic E-state index is 0.152. The van der Waals surface area contributed by atoms with Crippen molar-refractivity contribution in [1.82, 2.24) is 4.98 Å². The van der Waals surface area contributed by atoms with Gasteiger partial charge in [-0.25, -0.2) is 0 Å². The first-order valence-corrected chi connectivity index (χ1v) is 6.84. The fraction of sp³-hybridized carbons (Fsp3) is 0.471. The van der Waals surface area contributed by atoms with Crippen LogP contribution in [-0.2, 0) is 11.8 Å². The van der Waals surface area contributed by atoms with Gasteiger partial charge >= 0.3 is 0 Å². The van der Waals surface area contributed by atoms with Gasteiger partial charge in [-0.2, -0.15) is 0 Å². The zero-order chi connectivity index (χ0) is 14.3. The van der Waals surface area contributed by atoms with Crippen molar-refractivity contribution in [3.8, 4) is 0 Å². The van der Waals surface area contributed by atoms with E-state index in [0.29, 0.717) is 0 Å². The lowest BCUT2D eigenvalue weighted by molar-refractivity contribution is 0.512. The maximum absolute atomic E-state index is 6.14. The van der Waals surface area contributed by atoms with Crippen LogP contribution in [0.25, 0.3) is 10.8 Å². The third-order valence-corrected chi connectivity index (χ3v) is 3.34. The first-order valence-electron chi connectivity index (χ1n) is 6.84. The summed E-state index contributed by atoms with van der Waals surface area (Å²) in [6.45, 7) is 10.8.